The van der Waals surface area contributed by atoms with E-state index in [2.05, 4.69) is 0 Å². The minimum Gasteiger partial charge on any atom is -0.458 e. The van der Waals surface area contributed by atoms with Gasteiger partial charge in [0.05, 0.1) is 42.2 Å². The number of ketones is 1. The summed E-state index contributed by atoms with van der Waals surface area (Å²) in [5.41, 5.74) is -4.96. The number of methoxy groups -OCH3 is 3. The monoisotopic (exact) mass is 989 g/mol. The summed E-state index contributed by atoms with van der Waals surface area (Å²) in [4.78, 5) is 40.6. The molecular weight excluding hydrogens is 913 g/mol. The largest absolute Gasteiger partial charge is 0.458 e. The predicted octanol–water partition coefficient (Wildman–Crippen LogP) is 4.09. The van der Waals surface area contributed by atoms with Gasteiger partial charge < -0.3 is 72.5 Å². The molecule has 7 aliphatic rings. The lowest BCUT2D eigenvalue weighted by Crippen LogP contribution is -2.80. The molecule has 3 saturated carbocycles. The average molecular weight is 989 g/mol. The van der Waals surface area contributed by atoms with Crippen LogP contribution in [0.1, 0.15) is 117 Å². The number of aliphatic hydroxyl groups is 4. The Morgan fingerprint density at radius 3 is 2.09 bits per heavy atom. The number of esters is 2. The minimum absolute atomic E-state index is 0.00526. The number of rotatable bonds is 13. The molecule has 0 aromatic heterocycles. The summed E-state index contributed by atoms with van der Waals surface area (Å²) in [6.45, 7) is 13.7. The molecule has 18 heteroatoms. The fourth-order valence-electron chi connectivity index (χ4n) is 14.1. The molecule has 3 aliphatic heterocycles. The normalized spacial score (nSPS) is 48.0. The lowest BCUT2D eigenvalue weighted by Gasteiger charge is -2.68. The van der Waals surface area contributed by atoms with Crippen molar-refractivity contribution in [2.45, 2.75) is 216 Å². The van der Waals surface area contributed by atoms with Crippen molar-refractivity contribution in [1.29, 1.82) is 0 Å². The van der Waals surface area contributed by atoms with Gasteiger partial charge in [-0.15, -0.1) is 0 Å². The number of ether oxygens (including phenoxy) is 11. The first kappa shape index (κ1) is 53.3. The van der Waals surface area contributed by atoms with Crippen LogP contribution in [0.2, 0.25) is 0 Å². The third-order valence-corrected chi connectivity index (χ3v) is 17.5. The molecule has 18 nitrogen and oxygen atoms in total. The Morgan fingerprint density at radius 2 is 1.44 bits per heavy atom. The number of carbonyl (C=O) groups is 3. The molecule has 1 aromatic rings. The number of Topliss-reactive ketones (excluding diaryl/α,β-unsaturated/α-hetero) is 1. The van der Waals surface area contributed by atoms with Gasteiger partial charge in [-0.3, -0.25) is 9.59 Å². The van der Waals surface area contributed by atoms with Crippen molar-refractivity contribution >= 4 is 17.7 Å². The summed E-state index contributed by atoms with van der Waals surface area (Å²) in [6, 6.07) is 8.41. The Bertz CT molecular complexity index is 2090. The maximum absolute atomic E-state index is 14.0. The van der Waals surface area contributed by atoms with Gasteiger partial charge in [0.15, 0.2) is 18.4 Å². The van der Waals surface area contributed by atoms with E-state index in [0.717, 1.165) is 5.57 Å². The molecular formula is C52H76O18. The predicted molar refractivity (Wildman–Crippen MR) is 247 cm³/mol. The van der Waals surface area contributed by atoms with Crippen molar-refractivity contribution in [1.82, 2.24) is 0 Å². The Hall–Kier alpha value is -2.95. The second-order valence-corrected chi connectivity index (χ2v) is 21.7. The minimum atomic E-state index is -1.91. The van der Waals surface area contributed by atoms with E-state index < -0.39 is 137 Å². The molecule has 0 amide bonds. The summed E-state index contributed by atoms with van der Waals surface area (Å²) in [6.07, 6.45) is -7.56. The molecule has 3 heterocycles. The number of aliphatic hydroxyl groups excluding tert-OH is 2. The molecule has 70 heavy (non-hydrogen) atoms. The summed E-state index contributed by atoms with van der Waals surface area (Å²) >= 11 is 0. The molecule has 3 saturated heterocycles. The van der Waals surface area contributed by atoms with E-state index in [9.17, 15) is 34.8 Å². The van der Waals surface area contributed by atoms with Crippen LogP contribution in [0, 0.1) is 22.7 Å². The first-order valence-corrected chi connectivity index (χ1v) is 25.0. The Kier molecular flexibility index (Phi) is 15.3. The molecule has 1 aromatic carbocycles. The highest BCUT2D eigenvalue weighted by atomic mass is 16.8. The highest BCUT2D eigenvalue weighted by Gasteiger charge is 2.81. The second-order valence-electron chi connectivity index (χ2n) is 21.7. The van der Waals surface area contributed by atoms with Crippen LogP contribution in [-0.2, 0) is 61.7 Å². The van der Waals surface area contributed by atoms with Crippen molar-refractivity contribution in [2.75, 3.05) is 21.3 Å². The molecule has 6 fully saturated rings. The van der Waals surface area contributed by atoms with Crippen LogP contribution < -0.4 is 0 Å². The number of benzene rings is 1. The zero-order chi connectivity index (χ0) is 50.9. The van der Waals surface area contributed by atoms with Crippen molar-refractivity contribution < 1.29 is 86.9 Å². The zero-order valence-corrected chi connectivity index (χ0v) is 42.4. The molecule has 22 unspecified atom stereocenters. The Morgan fingerprint density at radius 1 is 0.757 bits per heavy atom. The summed E-state index contributed by atoms with van der Waals surface area (Å²) in [5.74, 6) is -4.40. The van der Waals surface area contributed by atoms with Gasteiger partial charge in [0.1, 0.15) is 59.7 Å². The van der Waals surface area contributed by atoms with Gasteiger partial charge in [-0.25, -0.2) is 4.79 Å². The summed E-state index contributed by atoms with van der Waals surface area (Å²) in [5, 5.41) is 47.8. The molecule has 4 aliphatic carbocycles. The second kappa shape index (κ2) is 20.1. The Balaban J connectivity index is 0.978. The lowest BCUT2D eigenvalue weighted by molar-refractivity contribution is -0.364. The summed E-state index contributed by atoms with van der Waals surface area (Å²) < 4.78 is 68.6. The van der Waals surface area contributed by atoms with Gasteiger partial charge >= 0.3 is 11.9 Å². The SMILES string of the molecule is COC1CC(C)(OC2CCC3(C)C(=CCC4(O)C3C(OC(C)=O)C(OC(=O)c3ccccc3)C3(C)C(C(C)=O)CCC43O)C2)OC(C)C1OC1CC(OC)C(OC2OC(C)C(O)C(OC)C2O)C(C)O1. The van der Waals surface area contributed by atoms with Crippen LogP contribution in [0.5, 0.6) is 0 Å². The smallest absolute Gasteiger partial charge is 0.338 e. The number of fused-ring (bicyclic) bond motifs is 5. The van der Waals surface area contributed by atoms with E-state index in [1.165, 1.54) is 21.0 Å². The number of hydrogen-bond acceptors (Lipinski definition) is 18. The topological polar surface area (TPSA) is 234 Å². The molecule has 8 rings (SSSR count). The third kappa shape index (κ3) is 9.02. The van der Waals surface area contributed by atoms with E-state index in [1.54, 1.807) is 58.4 Å². The van der Waals surface area contributed by atoms with Crippen molar-refractivity contribution in [3.05, 3.63) is 47.5 Å². The van der Waals surface area contributed by atoms with Crippen LogP contribution in [0.15, 0.2) is 42.0 Å². The molecule has 4 N–H and O–H groups in total. The standard InChI is InChI=1S/C52H76O18/c1-26(53)34-19-22-52(59)50(34,8)45(68-46(57)31-15-13-12-14-16-31)43(65-30(5)54)44-48(6)20-18-33(23-32(48)17-21-51(44,52)58)70-49(7)25-36(61-10)41(29(4)69-49)66-37-24-35(60-9)40(28(3)63-37)67-47-39(56)42(62-11)38(55)27(2)64-47/h12-17,27-29,33-45,47,55-56,58-59H,18-25H2,1-11H3. The molecule has 0 bridgehead atoms. The van der Waals surface area contributed by atoms with Gasteiger partial charge in [0, 0.05) is 58.3 Å². The molecule has 0 spiro atoms. The van der Waals surface area contributed by atoms with E-state index in [-0.39, 0.29) is 43.1 Å². The average Bonchev–Trinajstić information content (AvgIpc) is 3.60. The van der Waals surface area contributed by atoms with Crippen LogP contribution in [-0.4, -0.2) is 168 Å². The maximum Gasteiger partial charge on any atom is 0.338 e. The molecule has 22 atom stereocenters. The van der Waals surface area contributed by atoms with Crippen LogP contribution in [0.4, 0.5) is 0 Å². The maximum atomic E-state index is 14.0. The van der Waals surface area contributed by atoms with Crippen LogP contribution in [0.25, 0.3) is 0 Å². The van der Waals surface area contributed by atoms with Gasteiger partial charge in [-0.2, -0.15) is 0 Å². The zero-order valence-electron chi connectivity index (χ0n) is 42.4. The van der Waals surface area contributed by atoms with E-state index in [4.69, 9.17) is 52.1 Å². The summed E-state index contributed by atoms with van der Waals surface area (Å²) in [7, 11) is 4.59. The molecule has 392 valence electrons. The Labute approximate surface area is 410 Å². The lowest BCUT2D eigenvalue weighted by atomic mass is 9.42. The molecule has 0 radical (unpaired) electrons. The quantitative estimate of drug-likeness (QED) is 0.161. The highest BCUT2D eigenvalue weighted by Crippen LogP contribution is 2.70. The first-order valence-electron chi connectivity index (χ1n) is 25.0. The third-order valence-electron chi connectivity index (χ3n) is 17.5. The van der Waals surface area contributed by atoms with E-state index >= 15 is 0 Å². The van der Waals surface area contributed by atoms with Crippen molar-refractivity contribution in [2.24, 2.45) is 22.7 Å². The van der Waals surface area contributed by atoms with Gasteiger partial charge in [0.25, 0.3) is 0 Å². The van der Waals surface area contributed by atoms with Gasteiger partial charge in [-0.1, -0.05) is 43.7 Å². The highest BCUT2D eigenvalue weighted by molar-refractivity contribution is 5.89. The van der Waals surface area contributed by atoms with Crippen molar-refractivity contribution in [3.63, 3.8) is 0 Å². The van der Waals surface area contributed by atoms with E-state index in [0.29, 0.717) is 25.7 Å². The first-order chi connectivity index (χ1) is 33.0. The fraction of sp³-hybridized carbons (Fsp3) is 0.788. The fourth-order valence-corrected chi connectivity index (χ4v) is 14.1. The number of hydrogen-bond donors (Lipinski definition) is 4. The van der Waals surface area contributed by atoms with Crippen LogP contribution in [0.3, 0.4) is 0 Å². The number of carbonyl (C=O) groups excluding carboxylic acids is 3. The van der Waals surface area contributed by atoms with E-state index in [1.807, 2.05) is 33.8 Å². The van der Waals surface area contributed by atoms with Gasteiger partial charge in [-0.05, 0) is 90.7 Å². The van der Waals surface area contributed by atoms with Crippen molar-refractivity contribution in [3.8, 4) is 0 Å². The van der Waals surface area contributed by atoms with Gasteiger partial charge in [0.2, 0.25) is 0 Å². The van der Waals surface area contributed by atoms with Crippen LogP contribution >= 0.6 is 0 Å².